The normalized spacial score (nSPS) is 24.0. The highest BCUT2D eigenvalue weighted by Gasteiger charge is 2.62. The topological polar surface area (TPSA) is 97.0 Å². The second-order valence-corrected chi connectivity index (χ2v) is 7.88. The number of amides is 2. The van der Waals surface area contributed by atoms with Crippen LogP contribution in [0, 0.1) is 0 Å². The third-order valence-corrected chi connectivity index (χ3v) is 5.84. The Morgan fingerprint density at radius 2 is 1.88 bits per heavy atom. The molecule has 4 atom stereocenters. The standard InChI is InChI=1S/C23H24FN3O5/c1-14(20(29)31-2)25-19(28)18-12-23(24)16-10-6-7-11-17(16)26-21(23)27(18)22(30)32-13-15-8-4-3-5-9-15/h3-11,14,18,21,26H,12-13H2,1-2H3,(H,25,28)/t14-,18-,21?,23?/m0/s1. The number of fused-ring (bicyclic) bond motifs is 3. The van der Waals surface area contributed by atoms with Gasteiger partial charge in [-0.05, 0) is 18.6 Å². The third kappa shape index (κ3) is 3.74. The van der Waals surface area contributed by atoms with Gasteiger partial charge in [0.05, 0.1) is 7.11 Å². The van der Waals surface area contributed by atoms with Crippen molar-refractivity contribution in [2.24, 2.45) is 0 Å². The summed E-state index contributed by atoms with van der Waals surface area (Å²) in [5.74, 6) is -1.31. The maximum Gasteiger partial charge on any atom is 0.412 e. The number of para-hydroxylation sites is 1. The Morgan fingerprint density at radius 1 is 1.19 bits per heavy atom. The van der Waals surface area contributed by atoms with Crippen molar-refractivity contribution in [1.82, 2.24) is 10.2 Å². The summed E-state index contributed by atoms with van der Waals surface area (Å²) in [7, 11) is 1.20. The summed E-state index contributed by atoms with van der Waals surface area (Å²) >= 11 is 0. The van der Waals surface area contributed by atoms with E-state index in [9.17, 15) is 14.4 Å². The van der Waals surface area contributed by atoms with Crippen LogP contribution in [0.2, 0.25) is 0 Å². The van der Waals surface area contributed by atoms with Gasteiger partial charge in [0, 0.05) is 17.7 Å². The SMILES string of the molecule is COC(=O)[C@H](C)NC(=O)[C@@H]1CC2(F)c3ccccc3NC2N1C(=O)OCc1ccccc1. The van der Waals surface area contributed by atoms with Gasteiger partial charge in [0.25, 0.3) is 0 Å². The number of nitrogens with one attached hydrogen (secondary N) is 2. The van der Waals surface area contributed by atoms with Crippen molar-refractivity contribution in [1.29, 1.82) is 0 Å². The van der Waals surface area contributed by atoms with E-state index in [1.165, 1.54) is 14.0 Å². The molecule has 2 aromatic rings. The lowest BCUT2D eigenvalue weighted by Gasteiger charge is -2.29. The molecule has 0 saturated carbocycles. The number of methoxy groups -OCH3 is 1. The van der Waals surface area contributed by atoms with Crippen molar-refractivity contribution >= 4 is 23.7 Å². The summed E-state index contributed by atoms with van der Waals surface area (Å²) in [6.45, 7) is 1.43. The highest BCUT2D eigenvalue weighted by molar-refractivity contribution is 5.91. The first-order valence-corrected chi connectivity index (χ1v) is 10.3. The molecule has 2 aliphatic heterocycles. The van der Waals surface area contributed by atoms with E-state index < -0.39 is 41.9 Å². The summed E-state index contributed by atoms with van der Waals surface area (Å²) in [6.07, 6.45) is -2.22. The summed E-state index contributed by atoms with van der Waals surface area (Å²) < 4.78 is 26.3. The number of alkyl halides is 1. The van der Waals surface area contributed by atoms with Gasteiger partial charge in [0.15, 0.2) is 5.67 Å². The van der Waals surface area contributed by atoms with Crippen LogP contribution >= 0.6 is 0 Å². The zero-order chi connectivity index (χ0) is 22.9. The maximum atomic E-state index is 16.3. The molecule has 32 heavy (non-hydrogen) atoms. The van der Waals surface area contributed by atoms with Gasteiger partial charge in [-0.2, -0.15) is 0 Å². The van der Waals surface area contributed by atoms with E-state index in [0.717, 1.165) is 10.5 Å². The quantitative estimate of drug-likeness (QED) is 0.693. The van der Waals surface area contributed by atoms with Crippen LogP contribution in [0.5, 0.6) is 0 Å². The van der Waals surface area contributed by atoms with E-state index in [2.05, 4.69) is 15.4 Å². The second kappa shape index (κ2) is 8.49. The van der Waals surface area contributed by atoms with Crippen molar-refractivity contribution in [3.8, 4) is 0 Å². The van der Waals surface area contributed by atoms with Crippen LogP contribution in [0.3, 0.4) is 0 Å². The molecule has 1 saturated heterocycles. The number of nitrogens with zero attached hydrogens (tertiary/aromatic N) is 1. The molecular weight excluding hydrogens is 417 g/mol. The largest absolute Gasteiger partial charge is 0.467 e. The fourth-order valence-electron chi connectivity index (χ4n) is 4.24. The lowest BCUT2D eigenvalue weighted by Crippen LogP contribution is -2.53. The summed E-state index contributed by atoms with van der Waals surface area (Å²) in [5, 5.41) is 5.52. The number of esters is 1. The molecule has 0 aromatic heterocycles. The lowest BCUT2D eigenvalue weighted by atomic mass is 9.93. The van der Waals surface area contributed by atoms with Gasteiger partial charge in [0.1, 0.15) is 24.9 Å². The van der Waals surface area contributed by atoms with E-state index in [-0.39, 0.29) is 13.0 Å². The lowest BCUT2D eigenvalue weighted by molar-refractivity contribution is -0.145. The van der Waals surface area contributed by atoms with Crippen molar-refractivity contribution in [2.45, 2.75) is 43.9 Å². The molecule has 0 radical (unpaired) electrons. The van der Waals surface area contributed by atoms with Crippen LogP contribution in [0.25, 0.3) is 0 Å². The number of halogens is 1. The molecule has 0 bridgehead atoms. The van der Waals surface area contributed by atoms with Crippen LogP contribution in [0.15, 0.2) is 54.6 Å². The van der Waals surface area contributed by atoms with Crippen molar-refractivity contribution in [3.63, 3.8) is 0 Å². The fourth-order valence-corrected chi connectivity index (χ4v) is 4.24. The molecule has 2 amide bonds. The number of likely N-dealkylation sites (tertiary alicyclic amines) is 1. The summed E-state index contributed by atoms with van der Waals surface area (Å²) in [4.78, 5) is 38.9. The fraction of sp³-hybridized carbons (Fsp3) is 0.348. The smallest absolute Gasteiger partial charge is 0.412 e. The summed E-state index contributed by atoms with van der Waals surface area (Å²) in [6, 6.07) is 13.7. The van der Waals surface area contributed by atoms with Gasteiger partial charge < -0.3 is 20.1 Å². The minimum Gasteiger partial charge on any atom is -0.467 e. The first kappa shape index (κ1) is 21.6. The maximum absolute atomic E-state index is 16.3. The molecule has 2 unspecified atom stereocenters. The zero-order valence-electron chi connectivity index (χ0n) is 17.7. The third-order valence-electron chi connectivity index (χ3n) is 5.84. The molecule has 1 fully saturated rings. The number of rotatable bonds is 5. The first-order valence-electron chi connectivity index (χ1n) is 10.3. The van der Waals surface area contributed by atoms with E-state index in [4.69, 9.17) is 4.74 Å². The van der Waals surface area contributed by atoms with Crippen LogP contribution in [0.1, 0.15) is 24.5 Å². The zero-order valence-corrected chi connectivity index (χ0v) is 17.7. The van der Waals surface area contributed by atoms with E-state index in [0.29, 0.717) is 11.3 Å². The predicted molar refractivity (Wildman–Crippen MR) is 113 cm³/mol. The average Bonchev–Trinajstić information content (AvgIpc) is 3.26. The number of ether oxygens (including phenoxy) is 2. The van der Waals surface area contributed by atoms with Crippen molar-refractivity contribution in [3.05, 3.63) is 65.7 Å². The highest BCUT2D eigenvalue weighted by atomic mass is 19.1. The Kier molecular flexibility index (Phi) is 5.73. The molecule has 2 N–H and O–H groups in total. The first-order chi connectivity index (χ1) is 15.3. The van der Waals surface area contributed by atoms with Gasteiger partial charge in [-0.3, -0.25) is 9.69 Å². The molecule has 4 rings (SSSR count). The number of hydrogen-bond acceptors (Lipinski definition) is 6. The molecule has 2 aromatic carbocycles. The van der Waals surface area contributed by atoms with Gasteiger partial charge in [-0.25, -0.2) is 14.0 Å². The van der Waals surface area contributed by atoms with Gasteiger partial charge >= 0.3 is 12.1 Å². The number of hydrogen-bond donors (Lipinski definition) is 2. The van der Waals surface area contributed by atoms with Crippen molar-refractivity contribution < 1.29 is 28.2 Å². The van der Waals surface area contributed by atoms with Crippen LogP contribution < -0.4 is 10.6 Å². The predicted octanol–water partition coefficient (Wildman–Crippen LogP) is 2.69. The highest BCUT2D eigenvalue weighted by Crippen LogP contribution is 2.52. The van der Waals surface area contributed by atoms with E-state index >= 15 is 4.39 Å². The molecule has 8 nitrogen and oxygen atoms in total. The Hall–Kier alpha value is -3.62. The van der Waals surface area contributed by atoms with E-state index in [1.807, 2.05) is 18.2 Å². The van der Waals surface area contributed by atoms with Crippen LogP contribution in [-0.4, -0.2) is 48.2 Å². The number of anilines is 1. The summed E-state index contributed by atoms with van der Waals surface area (Å²) in [5.41, 5.74) is -0.293. The van der Waals surface area contributed by atoms with Gasteiger partial charge in [-0.15, -0.1) is 0 Å². The molecular formula is C23H24FN3O5. The second-order valence-electron chi connectivity index (χ2n) is 7.88. The number of benzene rings is 2. The Labute approximate surface area is 184 Å². The minimum atomic E-state index is -1.99. The minimum absolute atomic E-state index is 0.0258. The van der Waals surface area contributed by atoms with Gasteiger partial charge in [-0.1, -0.05) is 48.5 Å². The van der Waals surface area contributed by atoms with Crippen LogP contribution in [0.4, 0.5) is 14.9 Å². The number of carbonyl (C=O) groups is 3. The Bertz CT molecular complexity index is 1030. The molecule has 168 valence electrons. The monoisotopic (exact) mass is 441 g/mol. The average molecular weight is 441 g/mol. The van der Waals surface area contributed by atoms with Gasteiger partial charge in [0.2, 0.25) is 5.91 Å². The van der Waals surface area contributed by atoms with Crippen molar-refractivity contribution in [2.75, 3.05) is 12.4 Å². The van der Waals surface area contributed by atoms with E-state index in [1.54, 1.807) is 36.4 Å². The van der Waals surface area contributed by atoms with Crippen LogP contribution in [-0.2, 0) is 31.3 Å². The molecule has 2 aliphatic rings. The Balaban J connectivity index is 1.60. The molecule has 0 aliphatic carbocycles. The Morgan fingerprint density at radius 3 is 2.59 bits per heavy atom. The molecule has 9 heteroatoms. The molecule has 0 spiro atoms. The number of carbonyl (C=O) groups excluding carboxylic acids is 3. The molecule has 2 heterocycles.